The number of rotatable bonds is 6. The number of ether oxygens (including phenoxy) is 1. The van der Waals surface area contributed by atoms with Crippen LogP contribution in [0.1, 0.15) is 30.4 Å². The first-order valence-corrected chi connectivity index (χ1v) is 9.26. The van der Waals surface area contributed by atoms with Crippen LogP contribution in [0.3, 0.4) is 0 Å². The summed E-state index contributed by atoms with van der Waals surface area (Å²) in [4.78, 5) is 14.4. The van der Waals surface area contributed by atoms with E-state index in [4.69, 9.17) is 4.74 Å². The molecule has 0 spiro atoms. The fourth-order valence-corrected chi connectivity index (χ4v) is 3.31. The van der Waals surface area contributed by atoms with Crippen LogP contribution in [0.5, 0.6) is 5.75 Å². The van der Waals surface area contributed by atoms with Crippen molar-refractivity contribution in [2.45, 2.75) is 31.9 Å². The molecule has 28 heavy (non-hydrogen) atoms. The van der Waals surface area contributed by atoms with Gasteiger partial charge in [0, 0.05) is 19.5 Å². The molecule has 3 rings (SSSR count). The van der Waals surface area contributed by atoms with E-state index < -0.39 is 11.7 Å². The first-order valence-electron chi connectivity index (χ1n) is 9.26. The number of anilines is 2. The van der Waals surface area contributed by atoms with Crippen molar-refractivity contribution in [2.24, 2.45) is 0 Å². The Hall–Kier alpha value is -2.70. The summed E-state index contributed by atoms with van der Waals surface area (Å²) < 4.78 is 44.4. The normalized spacial score (nSPS) is 14.2. The second kappa shape index (κ2) is 8.54. The molecule has 0 radical (unpaired) electrons. The molecule has 1 aliphatic heterocycles. The lowest BCUT2D eigenvalue weighted by atomic mass is 10.1. The number of benzene rings is 2. The largest absolute Gasteiger partial charge is 0.497 e. The number of carbonyl (C=O) groups excluding carboxylic acids is 1. The van der Waals surface area contributed by atoms with Crippen LogP contribution in [0.2, 0.25) is 0 Å². The third-order valence-electron chi connectivity index (χ3n) is 4.84. The fourth-order valence-electron chi connectivity index (χ4n) is 3.31. The van der Waals surface area contributed by atoms with E-state index in [0.29, 0.717) is 12.1 Å². The van der Waals surface area contributed by atoms with Crippen LogP contribution in [0.4, 0.5) is 24.5 Å². The lowest BCUT2D eigenvalue weighted by molar-refractivity contribution is -0.137. The molecule has 1 aliphatic rings. The summed E-state index contributed by atoms with van der Waals surface area (Å²) in [7, 11) is 1.58. The molecule has 0 saturated carbocycles. The van der Waals surface area contributed by atoms with Crippen molar-refractivity contribution in [2.75, 3.05) is 30.4 Å². The molecule has 0 unspecified atom stereocenters. The highest BCUT2D eigenvalue weighted by Gasteiger charge is 2.32. The lowest BCUT2D eigenvalue weighted by Gasteiger charge is -2.23. The molecule has 150 valence electrons. The highest BCUT2D eigenvalue weighted by molar-refractivity contribution is 5.94. The van der Waals surface area contributed by atoms with Crippen LogP contribution < -0.4 is 15.0 Å². The molecule has 7 heteroatoms. The molecule has 1 amide bonds. The Kier molecular flexibility index (Phi) is 6.11. The first kappa shape index (κ1) is 20.0. The molecule has 4 nitrogen and oxygen atoms in total. The van der Waals surface area contributed by atoms with E-state index in [1.165, 1.54) is 6.07 Å². The van der Waals surface area contributed by atoms with Gasteiger partial charge in [0.15, 0.2) is 0 Å². The van der Waals surface area contributed by atoms with Crippen LogP contribution in [-0.2, 0) is 17.4 Å². The molecular weight excluding hydrogens is 369 g/mol. The highest BCUT2D eigenvalue weighted by atomic mass is 19.4. The number of alkyl halides is 3. The van der Waals surface area contributed by atoms with Gasteiger partial charge in [-0.15, -0.1) is 0 Å². The van der Waals surface area contributed by atoms with E-state index >= 15 is 0 Å². The lowest BCUT2D eigenvalue weighted by Crippen LogP contribution is -2.22. The Bertz CT molecular complexity index is 813. The SMILES string of the molecule is COc1ccc(CCC(=O)Nc2cc(C(F)(F)F)ccc2N2CCCC2)cc1. The van der Waals surface area contributed by atoms with Gasteiger partial charge in [0.05, 0.1) is 24.0 Å². The fraction of sp³-hybridized carbons (Fsp3) is 0.381. The molecule has 0 bridgehead atoms. The van der Waals surface area contributed by atoms with Gasteiger partial charge in [0.2, 0.25) is 5.91 Å². The second-order valence-corrected chi connectivity index (χ2v) is 6.82. The maximum atomic E-state index is 13.1. The molecule has 2 aromatic carbocycles. The van der Waals surface area contributed by atoms with Crippen molar-refractivity contribution < 1.29 is 22.7 Å². The van der Waals surface area contributed by atoms with E-state index in [2.05, 4.69) is 5.32 Å². The number of nitrogens with zero attached hydrogens (tertiary/aromatic N) is 1. The van der Waals surface area contributed by atoms with Crippen molar-refractivity contribution in [3.05, 3.63) is 53.6 Å². The first-order chi connectivity index (χ1) is 13.4. The van der Waals surface area contributed by atoms with E-state index in [1.54, 1.807) is 7.11 Å². The van der Waals surface area contributed by atoms with Crippen molar-refractivity contribution in [1.29, 1.82) is 0 Å². The summed E-state index contributed by atoms with van der Waals surface area (Å²) in [6, 6.07) is 10.9. The molecule has 2 aromatic rings. The minimum atomic E-state index is -4.45. The minimum Gasteiger partial charge on any atom is -0.497 e. The maximum absolute atomic E-state index is 13.1. The van der Waals surface area contributed by atoms with Crippen molar-refractivity contribution >= 4 is 17.3 Å². The molecule has 1 saturated heterocycles. The number of methoxy groups -OCH3 is 1. The van der Waals surface area contributed by atoms with Gasteiger partial charge in [-0.3, -0.25) is 4.79 Å². The highest BCUT2D eigenvalue weighted by Crippen LogP contribution is 2.36. The van der Waals surface area contributed by atoms with Crippen LogP contribution >= 0.6 is 0 Å². The number of halogens is 3. The van der Waals surface area contributed by atoms with Crippen molar-refractivity contribution in [1.82, 2.24) is 0 Å². The second-order valence-electron chi connectivity index (χ2n) is 6.82. The average molecular weight is 392 g/mol. The van der Waals surface area contributed by atoms with Crippen LogP contribution in [0, 0.1) is 0 Å². The molecule has 1 fully saturated rings. The summed E-state index contributed by atoms with van der Waals surface area (Å²) in [6.45, 7) is 1.56. The quantitative estimate of drug-likeness (QED) is 0.761. The zero-order valence-electron chi connectivity index (χ0n) is 15.7. The minimum absolute atomic E-state index is 0.183. The predicted octanol–water partition coefficient (Wildman–Crippen LogP) is 4.89. The average Bonchev–Trinajstić information content (AvgIpc) is 3.20. The Labute approximate surface area is 162 Å². The Morgan fingerprint density at radius 1 is 1.11 bits per heavy atom. The van der Waals surface area contributed by atoms with Gasteiger partial charge < -0.3 is 15.0 Å². The summed E-state index contributed by atoms with van der Waals surface area (Å²) in [5.41, 5.74) is 1.06. The summed E-state index contributed by atoms with van der Waals surface area (Å²) in [5.74, 6) is 0.419. The van der Waals surface area contributed by atoms with E-state index in [0.717, 1.165) is 49.4 Å². The number of hydrogen-bond acceptors (Lipinski definition) is 3. The van der Waals surface area contributed by atoms with Gasteiger partial charge in [-0.1, -0.05) is 12.1 Å². The van der Waals surface area contributed by atoms with Gasteiger partial charge in [-0.05, 0) is 55.2 Å². The van der Waals surface area contributed by atoms with Crippen LogP contribution in [0.25, 0.3) is 0 Å². The Morgan fingerprint density at radius 3 is 2.39 bits per heavy atom. The number of amides is 1. The molecule has 1 heterocycles. The Balaban J connectivity index is 1.71. The van der Waals surface area contributed by atoms with Crippen LogP contribution in [-0.4, -0.2) is 26.1 Å². The number of nitrogens with one attached hydrogen (secondary N) is 1. The summed E-state index contributed by atoms with van der Waals surface area (Å²) >= 11 is 0. The third-order valence-corrected chi connectivity index (χ3v) is 4.84. The maximum Gasteiger partial charge on any atom is 0.416 e. The van der Waals surface area contributed by atoms with Gasteiger partial charge in [-0.2, -0.15) is 13.2 Å². The molecule has 0 aromatic heterocycles. The van der Waals surface area contributed by atoms with Gasteiger partial charge in [0.1, 0.15) is 5.75 Å². The van der Waals surface area contributed by atoms with Gasteiger partial charge in [0.25, 0.3) is 0 Å². The third kappa shape index (κ3) is 4.97. The van der Waals surface area contributed by atoms with Crippen LogP contribution in [0.15, 0.2) is 42.5 Å². The molecule has 0 aliphatic carbocycles. The molecule has 1 N–H and O–H groups in total. The number of carbonyl (C=O) groups is 1. The predicted molar refractivity (Wildman–Crippen MR) is 103 cm³/mol. The van der Waals surface area contributed by atoms with Gasteiger partial charge >= 0.3 is 6.18 Å². The molecular formula is C21H23F3N2O2. The number of hydrogen-bond donors (Lipinski definition) is 1. The zero-order chi connectivity index (χ0) is 20.1. The standard InChI is InChI=1S/C21H23F3N2O2/c1-28-17-8-4-15(5-9-17)6-11-20(27)25-18-14-16(21(22,23)24)7-10-19(18)26-12-2-3-13-26/h4-5,7-10,14H,2-3,6,11-13H2,1H3,(H,25,27). The van der Waals surface area contributed by atoms with Crippen molar-refractivity contribution in [3.8, 4) is 5.75 Å². The topological polar surface area (TPSA) is 41.6 Å². The van der Waals surface area contributed by atoms with E-state index in [9.17, 15) is 18.0 Å². The Morgan fingerprint density at radius 2 is 1.79 bits per heavy atom. The summed E-state index contributed by atoms with van der Waals surface area (Å²) in [5, 5.41) is 2.69. The van der Waals surface area contributed by atoms with Gasteiger partial charge in [-0.25, -0.2) is 0 Å². The zero-order valence-corrected chi connectivity index (χ0v) is 15.7. The number of aryl methyl sites for hydroxylation is 1. The van der Waals surface area contributed by atoms with E-state index in [-0.39, 0.29) is 18.0 Å². The smallest absolute Gasteiger partial charge is 0.416 e. The summed E-state index contributed by atoms with van der Waals surface area (Å²) in [6.07, 6.45) is -1.79. The van der Waals surface area contributed by atoms with E-state index in [1.807, 2.05) is 29.2 Å². The van der Waals surface area contributed by atoms with Crippen molar-refractivity contribution in [3.63, 3.8) is 0 Å². The monoisotopic (exact) mass is 392 g/mol. The molecule has 0 atom stereocenters.